The van der Waals surface area contributed by atoms with Crippen molar-refractivity contribution in [3.8, 4) is 0 Å². The van der Waals surface area contributed by atoms with E-state index < -0.39 is 0 Å². The highest BCUT2D eigenvalue weighted by molar-refractivity contribution is 7.09. The topological polar surface area (TPSA) is 42.1 Å². The minimum atomic E-state index is 0.171. The van der Waals surface area contributed by atoms with Crippen LogP contribution in [-0.2, 0) is 13.0 Å². The zero-order valence-corrected chi connectivity index (χ0v) is 14.2. The van der Waals surface area contributed by atoms with Crippen LogP contribution in [-0.4, -0.2) is 17.1 Å². The molecule has 0 fully saturated rings. The molecule has 0 saturated heterocycles. The largest absolute Gasteiger partial charge is 0.349 e. The van der Waals surface area contributed by atoms with E-state index in [0.29, 0.717) is 6.04 Å². The summed E-state index contributed by atoms with van der Waals surface area (Å²) < 4.78 is 0. The van der Waals surface area contributed by atoms with Crippen molar-refractivity contribution >= 4 is 17.2 Å². The molecule has 0 spiro atoms. The standard InChI is InChI=1S/C17H25N3S/c1-12(2)20(11-16-6-5-7-21-16)17-13(3)8-15(10-19-17)9-14(4)18/h5-8,10,12,14H,9,11,18H2,1-4H3. The van der Waals surface area contributed by atoms with E-state index in [-0.39, 0.29) is 6.04 Å². The average molecular weight is 303 g/mol. The predicted octanol–water partition coefficient (Wildman–Crippen LogP) is 3.76. The van der Waals surface area contributed by atoms with Gasteiger partial charge in [0.15, 0.2) is 0 Å². The first kappa shape index (κ1) is 16.0. The van der Waals surface area contributed by atoms with Crippen molar-refractivity contribution in [1.82, 2.24) is 4.98 Å². The zero-order chi connectivity index (χ0) is 15.4. The number of pyridine rings is 1. The molecule has 0 radical (unpaired) electrons. The van der Waals surface area contributed by atoms with E-state index >= 15 is 0 Å². The third-order valence-electron chi connectivity index (χ3n) is 3.47. The molecule has 0 amide bonds. The van der Waals surface area contributed by atoms with Crippen LogP contribution in [0, 0.1) is 6.92 Å². The van der Waals surface area contributed by atoms with Gasteiger partial charge in [-0.2, -0.15) is 0 Å². The number of thiophene rings is 1. The van der Waals surface area contributed by atoms with Crippen molar-refractivity contribution in [2.75, 3.05) is 4.90 Å². The second-order valence-electron chi connectivity index (χ2n) is 5.97. The minimum Gasteiger partial charge on any atom is -0.349 e. The van der Waals surface area contributed by atoms with Gasteiger partial charge in [-0.1, -0.05) is 12.1 Å². The van der Waals surface area contributed by atoms with Gasteiger partial charge in [-0.05, 0) is 56.7 Å². The van der Waals surface area contributed by atoms with E-state index in [1.54, 1.807) is 11.3 Å². The van der Waals surface area contributed by atoms with Crippen LogP contribution in [0.2, 0.25) is 0 Å². The summed E-state index contributed by atoms with van der Waals surface area (Å²) in [6.45, 7) is 9.50. The quantitative estimate of drug-likeness (QED) is 0.883. The Balaban J connectivity index is 2.24. The van der Waals surface area contributed by atoms with Crippen molar-refractivity contribution in [3.05, 3.63) is 45.8 Å². The Morgan fingerprint density at radius 1 is 1.33 bits per heavy atom. The number of rotatable bonds is 6. The van der Waals surface area contributed by atoms with E-state index in [2.05, 4.69) is 49.3 Å². The molecule has 2 rings (SSSR count). The van der Waals surface area contributed by atoms with Crippen LogP contribution in [0.3, 0.4) is 0 Å². The normalized spacial score (nSPS) is 12.7. The van der Waals surface area contributed by atoms with Crippen LogP contribution in [0.1, 0.15) is 36.8 Å². The van der Waals surface area contributed by atoms with Gasteiger partial charge in [-0.15, -0.1) is 11.3 Å². The number of hydrogen-bond donors (Lipinski definition) is 1. The first-order valence-electron chi connectivity index (χ1n) is 7.47. The fraction of sp³-hybridized carbons (Fsp3) is 0.471. The lowest BCUT2D eigenvalue weighted by molar-refractivity contribution is 0.672. The predicted molar refractivity (Wildman–Crippen MR) is 92.0 cm³/mol. The van der Waals surface area contributed by atoms with Gasteiger partial charge in [0.25, 0.3) is 0 Å². The first-order chi connectivity index (χ1) is 9.97. The molecule has 0 aromatic carbocycles. The molecule has 0 aliphatic heterocycles. The van der Waals surface area contributed by atoms with E-state index in [9.17, 15) is 0 Å². The van der Waals surface area contributed by atoms with Crippen LogP contribution in [0.4, 0.5) is 5.82 Å². The SMILES string of the molecule is Cc1cc(CC(C)N)cnc1N(Cc1cccs1)C(C)C. The number of aromatic nitrogens is 1. The molecular weight excluding hydrogens is 278 g/mol. The van der Waals surface area contributed by atoms with Gasteiger partial charge in [0.05, 0.1) is 6.54 Å². The number of anilines is 1. The van der Waals surface area contributed by atoms with Gasteiger partial charge < -0.3 is 10.6 Å². The molecule has 2 aromatic rings. The molecule has 0 bridgehead atoms. The van der Waals surface area contributed by atoms with Gasteiger partial charge in [-0.25, -0.2) is 4.98 Å². The molecule has 1 unspecified atom stereocenters. The summed E-state index contributed by atoms with van der Waals surface area (Å²) in [4.78, 5) is 8.43. The lowest BCUT2D eigenvalue weighted by atomic mass is 10.1. The molecule has 21 heavy (non-hydrogen) atoms. The van der Waals surface area contributed by atoms with Crippen LogP contribution < -0.4 is 10.6 Å². The lowest BCUT2D eigenvalue weighted by Gasteiger charge is -2.29. The molecular formula is C17H25N3S. The van der Waals surface area contributed by atoms with Gasteiger partial charge in [-0.3, -0.25) is 0 Å². The summed E-state index contributed by atoms with van der Waals surface area (Å²) in [7, 11) is 0. The molecule has 1 atom stereocenters. The average Bonchev–Trinajstić information content (AvgIpc) is 2.88. The van der Waals surface area contributed by atoms with E-state index in [4.69, 9.17) is 10.7 Å². The number of nitrogens with two attached hydrogens (primary N) is 1. The zero-order valence-electron chi connectivity index (χ0n) is 13.3. The number of aryl methyl sites for hydroxylation is 1. The van der Waals surface area contributed by atoms with Crippen LogP contribution in [0.5, 0.6) is 0 Å². The van der Waals surface area contributed by atoms with Gasteiger partial charge in [0.2, 0.25) is 0 Å². The Hall–Kier alpha value is -1.39. The molecule has 114 valence electrons. The Morgan fingerprint density at radius 3 is 2.62 bits per heavy atom. The Morgan fingerprint density at radius 2 is 2.10 bits per heavy atom. The molecule has 4 heteroatoms. The Labute approximate surface area is 131 Å². The van der Waals surface area contributed by atoms with Gasteiger partial charge >= 0.3 is 0 Å². The third kappa shape index (κ3) is 4.29. The fourth-order valence-corrected chi connectivity index (χ4v) is 3.19. The molecule has 0 aliphatic rings. The lowest BCUT2D eigenvalue weighted by Crippen LogP contribution is -2.31. The molecule has 2 aromatic heterocycles. The van der Waals surface area contributed by atoms with Crippen LogP contribution >= 0.6 is 11.3 Å². The smallest absolute Gasteiger partial charge is 0.131 e. The van der Waals surface area contributed by atoms with Crippen molar-refractivity contribution in [2.24, 2.45) is 5.73 Å². The maximum Gasteiger partial charge on any atom is 0.131 e. The number of hydrogen-bond acceptors (Lipinski definition) is 4. The molecule has 0 saturated carbocycles. The van der Waals surface area contributed by atoms with E-state index in [1.807, 2.05) is 13.1 Å². The van der Waals surface area contributed by atoms with Crippen molar-refractivity contribution in [1.29, 1.82) is 0 Å². The highest BCUT2D eigenvalue weighted by Gasteiger charge is 2.16. The van der Waals surface area contributed by atoms with Gasteiger partial charge in [0.1, 0.15) is 5.82 Å². The van der Waals surface area contributed by atoms with E-state index in [0.717, 1.165) is 18.8 Å². The molecule has 0 aliphatic carbocycles. The summed E-state index contributed by atoms with van der Waals surface area (Å²) in [5, 5.41) is 2.12. The van der Waals surface area contributed by atoms with E-state index in [1.165, 1.54) is 16.0 Å². The molecule has 2 heterocycles. The summed E-state index contributed by atoms with van der Waals surface area (Å²) in [6.07, 6.45) is 2.84. The maximum absolute atomic E-state index is 5.87. The highest BCUT2D eigenvalue weighted by atomic mass is 32.1. The van der Waals surface area contributed by atoms with Crippen LogP contribution in [0.25, 0.3) is 0 Å². The maximum atomic E-state index is 5.87. The Bertz CT molecular complexity index is 561. The fourth-order valence-electron chi connectivity index (χ4n) is 2.48. The molecule has 2 N–H and O–H groups in total. The second-order valence-corrected chi connectivity index (χ2v) is 7.00. The van der Waals surface area contributed by atoms with Crippen molar-refractivity contribution in [3.63, 3.8) is 0 Å². The monoisotopic (exact) mass is 303 g/mol. The Kier molecular flexibility index (Phi) is 5.37. The second kappa shape index (κ2) is 7.05. The molecule has 3 nitrogen and oxygen atoms in total. The minimum absolute atomic E-state index is 0.171. The third-order valence-corrected chi connectivity index (χ3v) is 4.33. The summed E-state index contributed by atoms with van der Waals surface area (Å²) in [5.74, 6) is 1.08. The van der Waals surface area contributed by atoms with Crippen molar-refractivity contribution < 1.29 is 0 Å². The number of nitrogens with zero attached hydrogens (tertiary/aromatic N) is 2. The van der Waals surface area contributed by atoms with Gasteiger partial charge in [0, 0.05) is 23.2 Å². The first-order valence-corrected chi connectivity index (χ1v) is 8.35. The summed E-state index contributed by atoms with van der Waals surface area (Å²) >= 11 is 1.79. The summed E-state index contributed by atoms with van der Waals surface area (Å²) in [6, 6.07) is 7.09. The van der Waals surface area contributed by atoms with Crippen molar-refractivity contribution in [2.45, 2.75) is 52.7 Å². The highest BCUT2D eigenvalue weighted by Crippen LogP contribution is 2.24. The summed E-state index contributed by atoms with van der Waals surface area (Å²) in [5.41, 5.74) is 8.31. The van der Waals surface area contributed by atoms with Crippen LogP contribution in [0.15, 0.2) is 29.8 Å².